The molecule has 2 aromatic heterocycles. The predicted octanol–water partition coefficient (Wildman–Crippen LogP) is 3.65. The van der Waals surface area contributed by atoms with Crippen LogP contribution in [0, 0.1) is 11.7 Å². The Morgan fingerprint density at radius 2 is 2.11 bits per heavy atom. The summed E-state index contributed by atoms with van der Waals surface area (Å²) in [5, 5.41) is 7.92. The number of ketones is 1. The van der Waals surface area contributed by atoms with Gasteiger partial charge in [0.15, 0.2) is 5.01 Å². The Morgan fingerprint density at radius 3 is 3.00 bits per heavy atom. The summed E-state index contributed by atoms with van der Waals surface area (Å²) in [6, 6.07) is 6.22. The minimum atomic E-state index is -0.318. The zero-order valence-corrected chi connectivity index (χ0v) is 20.6. The molecule has 3 unspecified atom stereocenters. The molecule has 1 amide bonds. The highest BCUT2D eigenvalue weighted by Gasteiger charge is 2.46. The molecular weight excluding hydrogens is 465 g/mol. The summed E-state index contributed by atoms with van der Waals surface area (Å²) in [6.45, 7) is 1.86. The largest absolute Gasteiger partial charge is 0.351 e. The fourth-order valence-electron chi connectivity index (χ4n) is 5.68. The van der Waals surface area contributed by atoms with Crippen LogP contribution >= 0.6 is 11.3 Å². The molecule has 0 bridgehead atoms. The fourth-order valence-corrected chi connectivity index (χ4v) is 6.84. The third-order valence-corrected chi connectivity index (χ3v) is 8.81. The molecule has 2 fully saturated rings. The standard InChI is InChI=1S/C26H30FN5O2S/c1-32-9-8-19-22(13-32)35-26(31-19)24(33)23-20(29-23)11-14-4-2-3-5-17(14)30-25(34)21-12-15-10-16(27)6-7-18(15)28-21/h6-7,10,12,14,17,20,23,28-29H,2-5,8-9,11,13H2,1H3,(H,30,34)/t14?,17-,20?,23?/m0/s1. The van der Waals surface area contributed by atoms with Crippen LogP contribution in [0.2, 0.25) is 0 Å². The van der Waals surface area contributed by atoms with Crippen molar-refractivity contribution < 1.29 is 14.0 Å². The molecule has 0 radical (unpaired) electrons. The van der Waals surface area contributed by atoms with E-state index in [1.165, 1.54) is 17.0 Å². The number of halogens is 1. The molecule has 3 aliphatic rings. The molecule has 184 valence electrons. The van der Waals surface area contributed by atoms with Crippen molar-refractivity contribution >= 4 is 33.9 Å². The molecule has 0 spiro atoms. The monoisotopic (exact) mass is 495 g/mol. The third kappa shape index (κ3) is 4.64. The summed E-state index contributed by atoms with van der Waals surface area (Å²) in [4.78, 5) is 37.3. The van der Waals surface area contributed by atoms with Crippen LogP contribution in [0.4, 0.5) is 4.39 Å². The van der Waals surface area contributed by atoms with Crippen molar-refractivity contribution in [3.8, 4) is 0 Å². The smallest absolute Gasteiger partial charge is 0.267 e. The van der Waals surface area contributed by atoms with Gasteiger partial charge in [-0.25, -0.2) is 9.37 Å². The minimum Gasteiger partial charge on any atom is -0.351 e. The molecule has 3 aromatic rings. The number of aromatic nitrogens is 2. The van der Waals surface area contributed by atoms with Gasteiger partial charge in [-0.1, -0.05) is 12.8 Å². The van der Waals surface area contributed by atoms with Crippen LogP contribution in [0.3, 0.4) is 0 Å². The van der Waals surface area contributed by atoms with E-state index in [0.29, 0.717) is 22.0 Å². The number of nitrogens with zero attached hydrogens (tertiary/aromatic N) is 2. The number of hydrogen-bond acceptors (Lipinski definition) is 6. The van der Waals surface area contributed by atoms with Crippen LogP contribution in [0.25, 0.3) is 10.9 Å². The second-order valence-electron chi connectivity index (χ2n) is 10.3. The van der Waals surface area contributed by atoms with E-state index in [0.717, 1.165) is 62.8 Å². The van der Waals surface area contributed by atoms with Gasteiger partial charge in [-0.15, -0.1) is 11.3 Å². The number of Topliss-reactive ketones (excluding diaryl/α,β-unsaturated/α-hetero) is 1. The molecule has 1 saturated carbocycles. The van der Waals surface area contributed by atoms with Gasteiger partial charge in [-0.05, 0) is 56.5 Å². The van der Waals surface area contributed by atoms with Crippen LogP contribution < -0.4 is 10.6 Å². The number of fused-ring (bicyclic) bond motifs is 2. The third-order valence-electron chi connectivity index (χ3n) is 7.71. The zero-order chi connectivity index (χ0) is 24.1. The summed E-state index contributed by atoms with van der Waals surface area (Å²) in [7, 11) is 2.10. The number of likely N-dealkylation sites (N-methyl/N-ethyl adjacent to an activating group) is 1. The molecule has 2 aliphatic heterocycles. The number of H-pyrrole nitrogens is 1. The molecule has 4 atom stereocenters. The number of thiazole rings is 1. The second kappa shape index (κ2) is 9.11. The topological polar surface area (TPSA) is 100 Å². The number of rotatable bonds is 6. The lowest BCUT2D eigenvalue weighted by Gasteiger charge is -2.32. The van der Waals surface area contributed by atoms with Crippen molar-refractivity contribution in [2.45, 2.75) is 63.2 Å². The first kappa shape index (κ1) is 22.8. The van der Waals surface area contributed by atoms with Crippen LogP contribution in [0.1, 0.15) is 63.0 Å². The van der Waals surface area contributed by atoms with Crippen molar-refractivity contribution in [2.75, 3.05) is 13.6 Å². The molecule has 7 nitrogen and oxygen atoms in total. The van der Waals surface area contributed by atoms with Gasteiger partial charge in [0.05, 0.1) is 11.7 Å². The Morgan fingerprint density at radius 1 is 1.26 bits per heavy atom. The lowest BCUT2D eigenvalue weighted by atomic mass is 9.81. The van der Waals surface area contributed by atoms with E-state index >= 15 is 0 Å². The molecule has 1 aliphatic carbocycles. The molecule has 4 heterocycles. The number of carbonyl (C=O) groups excluding carboxylic acids is 2. The fraction of sp³-hybridized carbons (Fsp3) is 0.500. The van der Waals surface area contributed by atoms with Crippen LogP contribution in [-0.4, -0.2) is 58.3 Å². The number of aromatic amines is 1. The highest BCUT2D eigenvalue weighted by Crippen LogP contribution is 2.34. The van der Waals surface area contributed by atoms with Gasteiger partial charge in [0.2, 0.25) is 5.78 Å². The van der Waals surface area contributed by atoms with E-state index in [-0.39, 0.29) is 35.6 Å². The summed E-state index contributed by atoms with van der Waals surface area (Å²) >= 11 is 1.55. The van der Waals surface area contributed by atoms with Crippen molar-refractivity contribution in [3.05, 3.63) is 51.4 Å². The number of benzene rings is 1. The maximum absolute atomic E-state index is 13.5. The molecule has 6 rings (SSSR count). The van der Waals surface area contributed by atoms with Crippen molar-refractivity contribution in [1.82, 2.24) is 25.5 Å². The molecule has 3 N–H and O–H groups in total. The average molecular weight is 496 g/mol. The van der Waals surface area contributed by atoms with Crippen LogP contribution in [-0.2, 0) is 13.0 Å². The van der Waals surface area contributed by atoms with E-state index in [9.17, 15) is 14.0 Å². The molecule has 9 heteroatoms. The van der Waals surface area contributed by atoms with Crippen molar-refractivity contribution in [2.24, 2.45) is 5.92 Å². The van der Waals surface area contributed by atoms with E-state index in [2.05, 4.69) is 32.5 Å². The van der Waals surface area contributed by atoms with Crippen molar-refractivity contribution in [3.63, 3.8) is 0 Å². The van der Waals surface area contributed by atoms with Crippen molar-refractivity contribution in [1.29, 1.82) is 0 Å². The van der Waals surface area contributed by atoms with Gasteiger partial charge >= 0.3 is 0 Å². The van der Waals surface area contributed by atoms with E-state index in [1.54, 1.807) is 23.5 Å². The maximum Gasteiger partial charge on any atom is 0.267 e. The number of amides is 1. The molecule has 1 saturated heterocycles. The Kier molecular flexibility index (Phi) is 5.94. The predicted molar refractivity (Wildman–Crippen MR) is 133 cm³/mol. The Hall–Kier alpha value is -2.62. The highest BCUT2D eigenvalue weighted by atomic mass is 32.1. The summed E-state index contributed by atoms with van der Waals surface area (Å²) < 4.78 is 13.5. The maximum atomic E-state index is 13.5. The van der Waals surface area contributed by atoms with Gasteiger partial charge in [0, 0.05) is 47.4 Å². The number of hydrogen-bond donors (Lipinski definition) is 3. The molecule has 35 heavy (non-hydrogen) atoms. The first-order chi connectivity index (χ1) is 16.9. The molecular formula is C26H30FN5O2S. The van der Waals surface area contributed by atoms with Crippen LogP contribution in [0.15, 0.2) is 24.3 Å². The van der Waals surface area contributed by atoms with E-state index < -0.39 is 0 Å². The lowest BCUT2D eigenvalue weighted by molar-refractivity contribution is 0.0895. The molecule has 1 aromatic carbocycles. The first-order valence-corrected chi connectivity index (χ1v) is 13.3. The Labute approximate surface area is 207 Å². The SMILES string of the molecule is CN1CCc2nc(C(=O)C3NC3CC3CCCC[C@@H]3NC(=O)c3cc4cc(F)ccc4[nH]3)sc2C1. The normalized spacial score (nSPS) is 26.5. The highest BCUT2D eigenvalue weighted by molar-refractivity contribution is 7.13. The average Bonchev–Trinajstić information content (AvgIpc) is 3.27. The Balaban J connectivity index is 1.08. The quantitative estimate of drug-likeness (QED) is 0.358. The second-order valence-corrected chi connectivity index (χ2v) is 11.4. The van der Waals surface area contributed by atoms with Gasteiger partial charge in [0.25, 0.3) is 5.91 Å². The van der Waals surface area contributed by atoms with Gasteiger partial charge < -0.3 is 20.5 Å². The minimum absolute atomic E-state index is 0.0697. The van der Waals surface area contributed by atoms with Gasteiger partial charge in [-0.3, -0.25) is 9.59 Å². The lowest BCUT2D eigenvalue weighted by Crippen LogP contribution is -2.43. The van der Waals surface area contributed by atoms with E-state index in [4.69, 9.17) is 0 Å². The summed E-state index contributed by atoms with van der Waals surface area (Å²) in [5.74, 6) is -0.0444. The first-order valence-electron chi connectivity index (χ1n) is 12.5. The Bertz CT molecular complexity index is 1290. The van der Waals surface area contributed by atoms with E-state index in [1.807, 2.05) is 0 Å². The van der Waals surface area contributed by atoms with Gasteiger partial charge in [0.1, 0.15) is 11.5 Å². The number of nitrogens with one attached hydrogen (secondary N) is 3. The summed E-state index contributed by atoms with van der Waals surface area (Å²) in [5.41, 5.74) is 2.28. The zero-order valence-electron chi connectivity index (χ0n) is 19.8. The summed E-state index contributed by atoms with van der Waals surface area (Å²) in [6.07, 6.45) is 5.97. The number of carbonyl (C=O) groups is 2. The van der Waals surface area contributed by atoms with Gasteiger partial charge in [-0.2, -0.15) is 0 Å². The van der Waals surface area contributed by atoms with Crippen LogP contribution in [0.5, 0.6) is 0 Å².